The zero-order chi connectivity index (χ0) is 13.3. The van der Waals surface area contributed by atoms with Crippen molar-refractivity contribution in [3.05, 3.63) is 23.3 Å². The molecule has 0 bridgehead atoms. The maximum absolute atomic E-state index is 9.89. The highest BCUT2D eigenvalue weighted by Crippen LogP contribution is 2.40. The van der Waals surface area contributed by atoms with Crippen LogP contribution in [0.1, 0.15) is 23.6 Å². The Labute approximate surface area is 108 Å². The van der Waals surface area contributed by atoms with E-state index < -0.39 is 0 Å². The van der Waals surface area contributed by atoms with Crippen molar-refractivity contribution >= 4 is 0 Å². The number of hydrogen-bond acceptors (Lipinski definition) is 4. The number of phenolic OH excluding ortho intramolecular Hbond substituents is 1. The van der Waals surface area contributed by atoms with Crippen molar-refractivity contribution in [1.82, 2.24) is 4.90 Å². The number of phenols is 1. The molecule has 0 aromatic heterocycles. The zero-order valence-electron chi connectivity index (χ0n) is 11.3. The van der Waals surface area contributed by atoms with Gasteiger partial charge >= 0.3 is 0 Å². The van der Waals surface area contributed by atoms with Crippen molar-refractivity contribution in [3.8, 4) is 11.5 Å². The van der Waals surface area contributed by atoms with Gasteiger partial charge in [0.1, 0.15) is 11.5 Å². The number of aryl methyl sites for hydroxylation is 1. The van der Waals surface area contributed by atoms with Crippen LogP contribution in [0.2, 0.25) is 0 Å². The van der Waals surface area contributed by atoms with Crippen molar-refractivity contribution in [2.45, 2.75) is 19.4 Å². The number of aromatic hydroxyl groups is 1. The average molecular weight is 250 g/mol. The lowest BCUT2D eigenvalue weighted by Crippen LogP contribution is -2.20. The molecule has 4 heteroatoms. The topological polar surface area (TPSA) is 58.7 Å². The molecule has 1 aliphatic rings. The van der Waals surface area contributed by atoms with Gasteiger partial charge in [0.25, 0.3) is 0 Å². The van der Waals surface area contributed by atoms with Crippen LogP contribution in [0, 0.1) is 12.8 Å². The summed E-state index contributed by atoms with van der Waals surface area (Å²) in [5.74, 6) is 1.70. The summed E-state index contributed by atoms with van der Waals surface area (Å²) >= 11 is 0. The molecule has 0 spiro atoms. The molecule has 0 radical (unpaired) electrons. The number of likely N-dealkylation sites (tertiary alicyclic amines) is 1. The number of ether oxygens (including phenoxy) is 1. The molecule has 1 heterocycles. The second-order valence-corrected chi connectivity index (χ2v) is 5.17. The number of hydrogen-bond donors (Lipinski definition) is 2. The monoisotopic (exact) mass is 250 g/mol. The highest BCUT2D eigenvalue weighted by Gasteiger charge is 2.31. The molecule has 1 aliphatic heterocycles. The fraction of sp³-hybridized carbons (Fsp3) is 0.571. The van der Waals surface area contributed by atoms with E-state index in [1.54, 1.807) is 7.11 Å². The van der Waals surface area contributed by atoms with Crippen LogP contribution in [0.4, 0.5) is 0 Å². The van der Waals surface area contributed by atoms with E-state index in [2.05, 4.69) is 11.9 Å². The van der Waals surface area contributed by atoms with Crippen molar-refractivity contribution < 1.29 is 9.84 Å². The Kier molecular flexibility index (Phi) is 3.78. The SMILES string of the molecule is COc1cc(C)c(O)cc1C1CC(CN)CN1C. The van der Waals surface area contributed by atoms with Crippen molar-refractivity contribution in [2.24, 2.45) is 11.7 Å². The maximum atomic E-state index is 9.89. The highest BCUT2D eigenvalue weighted by atomic mass is 16.5. The summed E-state index contributed by atoms with van der Waals surface area (Å²) in [6.07, 6.45) is 1.02. The van der Waals surface area contributed by atoms with Crippen LogP contribution in [0.5, 0.6) is 11.5 Å². The van der Waals surface area contributed by atoms with E-state index in [1.807, 2.05) is 19.1 Å². The van der Waals surface area contributed by atoms with Gasteiger partial charge in [0, 0.05) is 18.2 Å². The van der Waals surface area contributed by atoms with Crippen molar-refractivity contribution in [1.29, 1.82) is 0 Å². The Bertz CT molecular complexity index is 434. The summed E-state index contributed by atoms with van der Waals surface area (Å²) in [6.45, 7) is 3.59. The van der Waals surface area contributed by atoms with E-state index in [9.17, 15) is 5.11 Å². The number of benzene rings is 1. The van der Waals surface area contributed by atoms with E-state index in [1.165, 1.54) is 0 Å². The van der Waals surface area contributed by atoms with Gasteiger partial charge in [-0.2, -0.15) is 0 Å². The Morgan fingerprint density at radius 1 is 1.50 bits per heavy atom. The molecular weight excluding hydrogens is 228 g/mol. The smallest absolute Gasteiger partial charge is 0.124 e. The summed E-state index contributed by atoms with van der Waals surface area (Å²) in [5, 5.41) is 9.89. The lowest BCUT2D eigenvalue weighted by Gasteiger charge is -2.22. The Morgan fingerprint density at radius 2 is 2.22 bits per heavy atom. The second-order valence-electron chi connectivity index (χ2n) is 5.17. The minimum Gasteiger partial charge on any atom is -0.508 e. The number of nitrogens with zero attached hydrogens (tertiary/aromatic N) is 1. The molecule has 2 unspecified atom stereocenters. The lowest BCUT2D eigenvalue weighted by atomic mass is 9.97. The first-order chi connectivity index (χ1) is 8.56. The molecule has 1 fully saturated rings. The van der Waals surface area contributed by atoms with Crippen LogP contribution in [0.15, 0.2) is 12.1 Å². The lowest BCUT2D eigenvalue weighted by molar-refractivity contribution is 0.301. The van der Waals surface area contributed by atoms with Crippen LogP contribution >= 0.6 is 0 Å². The number of rotatable bonds is 3. The Hall–Kier alpha value is -1.26. The van der Waals surface area contributed by atoms with Crippen LogP contribution in [0.25, 0.3) is 0 Å². The Morgan fingerprint density at radius 3 is 2.78 bits per heavy atom. The van der Waals surface area contributed by atoms with Gasteiger partial charge in [-0.1, -0.05) is 0 Å². The molecule has 1 aromatic rings. The molecule has 3 N–H and O–H groups in total. The standard InChI is InChI=1S/C14H22N2O2/c1-9-4-14(18-3)11(6-13(9)17)12-5-10(7-15)8-16(12)2/h4,6,10,12,17H,5,7-8,15H2,1-3H3. The Balaban J connectivity index is 2.35. The average Bonchev–Trinajstić information content (AvgIpc) is 2.73. The van der Waals surface area contributed by atoms with Crippen LogP contribution in [-0.2, 0) is 0 Å². The normalized spacial score (nSPS) is 24.4. The van der Waals surface area contributed by atoms with E-state index >= 15 is 0 Å². The molecule has 1 aromatic carbocycles. The molecule has 2 atom stereocenters. The molecule has 0 saturated carbocycles. The summed E-state index contributed by atoms with van der Waals surface area (Å²) in [5.41, 5.74) is 7.65. The quantitative estimate of drug-likeness (QED) is 0.856. The van der Waals surface area contributed by atoms with Crippen LogP contribution in [0.3, 0.4) is 0 Å². The van der Waals surface area contributed by atoms with E-state index in [0.29, 0.717) is 18.2 Å². The molecule has 4 nitrogen and oxygen atoms in total. The predicted molar refractivity (Wildman–Crippen MR) is 71.9 cm³/mol. The fourth-order valence-electron chi connectivity index (χ4n) is 2.76. The van der Waals surface area contributed by atoms with Gasteiger partial charge in [-0.15, -0.1) is 0 Å². The maximum Gasteiger partial charge on any atom is 0.124 e. The third-order valence-electron chi connectivity index (χ3n) is 3.88. The molecule has 0 amide bonds. The number of nitrogens with two attached hydrogens (primary N) is 1. The summed E-state index contributed by atoms with van der Waals surface area (Å²) < 4.78 is 5.44. The van der Waals surface area contributed by atoms with Crippen LogP contribution < -0.4 is 10.5 Å². The van der Waals surface area contributed by atoms with Gasteiger partial charge < -0.3 is 15.6 Å². The molecular formula is C14H22N2O2. The van der Waals surface area contributed by atoms with E-state index in [-0.39, 0.29) is 6.04 Å². The van der Waals surface area contributed by atoms with Gasteiger partial charge in [-0.25, -0.2) is 0 Å². The largest absolute Gasteiger partial charge is 0.508 e. The summed E-state index contributed by atoms with van der Waals surface area (Å²) in [6, 6.07) is 4.00. The van der Waals surface area contributed by atoms with Gasteiger partial charge in [0.15, 0.2) is 0 Å². The van der Waals surface area contributed by atoms with Gasteiger partial charge in [0.2, 0.25) is 0 Å². The minimum absolute atomic E-state index is 0.278. The first-order valence-corrected chi connectivity index (χ1v) is 6.34. The van der Waals surface area contributed by atoms with Gasteiger partial charge in [0.05, 0.1) is 7.11 Å². The zero-order valence-corrected chi connectivity index (χ0v) is 11.3. The number of methoxy groups -OCH3 is 1. The molecule has 18 heavy (non-hydrogen) atoms. The molecule has 2 rings (SSSR count). The molecule has 100 valence electrons. The van der Waals surface area contributed by atoms with Gasteiger partial charge in [-0.05, 0) is 50.6 Å². The fourth-order valence-corrected chi connectivity index (χ4v) is 2.76. The van der Waals surface area contributed by atoms with E-state index in [4.69, 9.17) is 10.5 Å². The van der Waals surface area contributed by atoms with Crippen molar-refractivity contribution in [3.63, 3.8) is 0 Å². The first-order valence-electron chi connectivity index (χ1n) is 6.34. The third-order valence-corrected chi connectivity index (χ3v) is 3.88. The van der Waals surface area contributed by atoms with Gasteiger partial charge in [-0.3, -0.25) is 4.90 Å². The summed E-state index contributed by atoms with van der Waals surface area (Å²) in [4.78, 5) is 2.28. The molecule has 0 aliphatic carbocycles. The first kappa shape index (κ1) is 13.2. The molecule has 1 saturated heterocycles. The van der Waals surface area contributed by atoms with Crippen LogP contribution in [-0.4, -0.2) is 37.3 Å². The predicted octanol–water partition coefficient (Wildman–Crippen LogP) is 1.66. The second kappa shape index (κ2) is 5.16. The minimum atomic E-state index is 0.278. The van der Waals surface area contributed by atoms with Crippen molar-refractivity contribution in [2.75, 3.05) is 27.2 Å². The highest BCUT2D eigenvalue weighted by molar-refractivity contribution is 5.47. The van der Waals surface area contributed by atoms with E-state index in [0.717, 1.165) is 29.8 Å². The third kappa shape index (κ3) is 2.31. The summed E-state index contributed by atoms with van der Waals surface area (Å²) in [7, 11) is 3.77.